The minimum Gasteiger partial charge on any atom is -0.507 e. The summed E-state index contributed by atoms with van der Waals surface area (Å²) in [6.07, 6.45) is 2.89. The van der Waals surface area contributed by atoms with E-state index in [1.54, 1.807) is 12.1 Å². The summed E-state index contributed by atoms with van der Waals surface area (Å²) in [7, 11) is 1.49. The Morgan fingerprint density at radius 2 is 2.20 bits per heavy atom. The smallest absolute Gasteiger partial charge is 0.338 e. The molecule has 0 amide bonds. The number of nitro groups is 1. The zero-order valence-corrected chi connectivity index (χ0v) is 10.9. The Morgan fingerprint density at radius 3 is 2.80 bits per heavy atom. The van der Waals surface area contributed by atoms with Crippen molar-refractivity contribution >= 4 is 17.8 Å². The molecule has 0 aliphatic rings. The van der Waals surface area contributed by atoms with Gasteiger partial charge < -0.3 is 14.4 Å². The van der Waals surface area contributed by atoms with E-state index in [4.69, 9.17) is 9.26 Å². The first-order valence-corrected chi connectivity index (χ1v) is 5.68. The van der Waals surface area contributed by atoms with Crippen LogP contribution >= 0.6 is 0 Å². The second-order valence-electron chi connectivity index (χ2n) is 4.00. The Morgan fingerprint density at radius 1 is 1.45 bits per heavy atom. The molecule has 1 heterocycles. The van der Waals surface area contributed by atoms with Gasteiger partial charge in [0.25, 0.3) is 0 Å². The highest BCUT2D eigenvalue weighted by molar-refractivity contribution is 5.74. The molecule has 1 aromatic carbocycles. The number of rotatable bonds is 4. The van der Waals surface area contributed by atoms with Gasteiger partial charge in [-0.3, -0.25) is 10.1 Å². The number of aromatic hydroxyl groups is 1. The highest BCUT2D eigenvalue weighted by Gasteiger charge is 2.21. The van der Waals surface area contributed by atoms with E-state index in [1.807, 2.05) is 0 Å². The first kappa shape index (κ1) is 13.6. The van der Waals surface area contributed by atoms with Crippen LogP contribution in [0.15, 0.2) is 22.7 Å². The quantitative estimate of drug-likeness (QED) is 0.681. The second-order valence-corrected chi connectivity index (χ2v) is 4.00. The number of hydrogen-bond acceptors (Lipinski definition) is 6. The van der Waals surface area contributed by atoms with Crippen molar-refractivity contribution in [3.05, 3.63) is 45.3 Å². The van der Waals surface area contributed by atoms with Crippen LogP contribution < -0.4 is 4.74 Å². The van der Waals surface area contributed by atoms with E-state index in [2.05, 4.69) is 5.16 Å². The molecule has 0 spiro atoms. The summed E-state index contributed by atoms with van der Waals surface area (Å²) in [6.45, 7) is 1.49. The topological polar surface area (TPSA) is 98.6 Å². The summed E-state index contributed by atoms with van der Waals surface area (Å²) in [6, 6.07) is 4.74. The molecule has 0 fully saturated rings. The number of benzene rings is 1. The van der Waals surface area contributed by atoms with Gasteiger partial charge in [-0.25, -0.2) is 0 Å². The number of aromatic nitrogens is 1. The SMILES string of the molecule is COc1ccc(/C=C/c2onc(C)c2[N+](=O)[O-])c(O)c1. The van der Waals surface area contributed by atoms with Gasteiger partial charge in [0.2, 0.25) is 5.76 Å². The second kappa shape index (κ2) is 5.43. The molecule has 2 aromatic rings. The lowest BCUT2D eigenvalue weighted by atomic mass is 10.1. The summed E-state index contributed by atoms with van der Waals surface area (Å²) < 4.78 is 9.84. The van der Waals surface area contributed by atoms with E-state index in [9.17, 15) is 15.2 Å². The van der Waals surface area contributed by atoms with Crippen molar-refractivity contribution in [1.82, 2.24) is 5.16 Å². The van der Waals surface area contributed by atoms with Gasteiger partial charge in [0.15, 0.2) is 5.69 Å². The molecule has 104 valence electrons. The van der Waals surface area contributed by atoms with Crippen LogP contribution in [0.3, 0.4) is 0 Å². The predicted molar refractivity (Wildman–Crippen MR) is 71.5 cm³/mol. The molecular weight excluding hydrogens is 264 g/mol. The van der Waals surface area contributed by atoms with Crippen LogP contribution in [0.25, 0.3) is 12.2 Å². The third-order valence-corrected chi connectivity index (χ3v) is 2.69. The maximum Gasteiger partial charge on any atom is 0.338 e. The van der Waals surface area contributed by atoms with Gasteiger partial charge >= 0.3 is 5.69 Å². The van der Waals surface area contributed by atoms with Crippen molar-refractivity contribution in [2.45, 2.75) is 6.92 Å². The molecule has 0 atom stereocenters. The van der Waals surface area contributed by atoms with Crippen molar-refractivity contribution in [2.75, 3.05) is 7.11 Å². The Balaban J connectivity index is 2.32. The standard InChI is InChI=1S/C13H12N2O5/c1-8-13(15(17)18)12(20-14-8)6-4-9-3-5-10(19-2)7-11(9)16/h3-7,16H,1-2H3/b6-4+. The molecule has 0 radical (unpaired) electrons. The van der Waals surface area contributed by atoms with Gasteiger partial charge in [0.05, 0.1) is 12.0 Å². The molecule has 7 nitrogen and oxygen atoms in total. The Bertz CT molecular complexity index is 675. The normalized spacial score (nSPS) is 10.9. The van der Waals surface area contributed by atoms with Crippen LogP contribution in [0.2, 0.25) is 0 Å². The molecule has 1 N–H and O–H groups in total. The van der Waals surface area contributed by atoms with Crippen molar-refractivity contribution in [2.24, 2.45) is 0 Å². The summed E-state index contributed by atoms with van der Waals surface area (Å²) in [5.41, 5.74) is 0.497. The number of phenolic OH excluding ortho intramolecular Hbond substituents is 1. The molecule has 7 heteroatoms. The van der Waals surface area contributed by atoms with Gasteiger partial charge in [-0.15, -0.1) is 0 Å². The third kappa shape index (κ3) is 2.61. The van der Waals surface area contributed by atoms with Gasteiger partial charge in [-0.1, -0.05) is 5.16 Å². The van der Waals surface area contributed by atoms with Crippen LogP contribution in [-0.2, 0) is 0 Å². The molecule has 1 aromatic heterocycles. The summed E-state index contributed by atoms with van der Waals surface area (Å²) in [5, 5.41) is 24.2. The number of phenols is 1. The summed E-state index contributed by atoms with van der Waals surface area (Å²) >= 11 is 0. The number of hydrogen-bond donors (Lipinski definition) is 1. The lowest BCUT2D eigenvalue weighted by Gasteiger charge is -2.02. The lowest BCUT2D eigenvalue weighted by Crippen LogP contribution is -1.90. The zero-order valence-electron chi connectivity index (χ0n) is 10.9. The van der Waals surface area contributed by atoms with Gasteiger partial charge in [0.1, 0.15) is 11.5 Å². The molecule has 20 heavy (non-hydrogen) atoms. The van der Waals surface area contributed by atoms with Crippen LogP contribution in [0.4, 0.5) is 5.69 Å². The first-order valence-electron chi connectivity index (χ1n) is 5.68. The minimum atomic E-state index is -0.556. The van der Waals surface area contributed by atoms with Crippen molar-refractivity contribution in [3.63, 3.8) is 0 Å². The lowest BCUT2D eigenvalue weighted by molar-refractivity contribution is -0.386. The van der Waals surface area contributed by atoms with Crippen LogP contribution in [-0.4, -0.2) is 22.3 Å². The molecule has 0 aliphatic heterocycles. The zero-order chi connectivity index (χ0) is 14.7. The van der Waals surface area contributed by atoms with Crippen molar-refractivity contribution < 1.29 is 19.3 Å². The molecule has 0 saturated carbocycles. The number of aryl methyl sites for hydroxylation is 1. The minimum absolute atomic E-state index is 0.000472. The molecular formula is C13H12N2O5. The van der Waals surface area contributed by atoms with Crippen LogP contribution in [0.1, 0.15) is 17.0 Å². The fourth-order valence-corrected chi connectivity index (χ4v) is 1.67. The van der Waals surface area contributed by atoms with Crippen molar-refractivity contribution in [3.8, 4) is 11.5 Å². The fraction of sp³-hybridized carbons (Fsp3) is 0.154. The maximum absolute atomic E-state index is 10.9. The first-order chi connectivity index (χ1) is 9.52. The van der Waals surface area contributed by atoms with Gasteiger partial charge in [0, 0.05) is 11.6 Å². The predicted octanol–water partition coefficient (Wildman–Crippen LogP) is 2.78. The fourth-order valence-electron chi connectivity index (χ4n) is 1.67. The summed E-state index contributed by atoms with van der Waals surface area (Å²) in [4.78, 5) is 10.3. The molecule has 2 rings (SSSR count). The third-order valence-electron chi connectivity index (χ3n) is 2.69. The van der Waals surface area contributed by atoms with Crippen LogP contribution in [0, 0.1) is 17.0 Å². The molecule has 0 aliphatic carbocycles. The maximum atomic E-state index is 10.9. The average molecular weight is 276 g/mol. The van der Waals surface area contributed by atoms with Crippen LogP contribution in [0.5, 0.6) is 11.5 Å². The number of methoxy groups -OCH3 is 1. The monoisotopic (exact) mass is 276 g/mol. The van der Waals surface area contributed by atoms with E-state index < -0.39 is 4.92 Å². The van der Waals surface area contributed by atoms with E-state index >= 15 is 0 Å². The molecule has 0 saturated heterocycles. The number of ether oxygens (including phenoxy) is 1. The highest BCUT2D eigenvalue weighted by Crippen LogP contribution is 2.28. The van der Waals surface area contributed by atoms with Gasteiger partial charge in [-0.2, -0.15) is 0 Å². The highest BCUT2D eigenvalue weighted by atomic mass is 16.6. The van der Waals surface area contributed by atoms with E-state index in [0.29, 0.717) is 11.3 Å². The largest absolute Gasteiger partial charge is 0.507 e. The molecule has 0 bridgehead atoms. The van der Waals surface area contributed by atoms with Crippen molar-refractivity contribution in [1.29, 1.82) is 0 Å². The summed E-state index contributed by atoms with van der Waals surface area (Å²) in [5.74, 6) is 0.545. The Kier molecular flexibility index (Phi) is 3.69. The Hall–Kier alpha value is -2.83. The van der Waals surface area contributed by atoms with E-state index in [-0.39, 0.29) is 22.9 Å². The Labute approximate surface area is 114 Å². The van der Waals surface area contributed by atoms with E-state index in [0.717, 1.165) is 0 Å². The van der Waals surface area contributed by atoms with E-state index in [1.165, 1.54) is 32.3 Å². The van der Waals surface area contributed by atoms with Gasteiger partial charge in [-0.05, 0) is 31.2 Å². The molecule has 0 unspecified atom stereocenters. The number of nitrogens with zero attached hydrogens (tertiary/aromatic N) is 2. The average Bonchev–Trinajstić information content (AvgIpc) is 2.78.